The Balaban J connectivity index is 1.42. The number of fused-ring (bicyclic) bond motifs is 1. The van der Waals surface area contributed by atoms with Gasteiger partial charge in [-0.05, 0) is 106 Å². The minimum atomic E-state index is -0.374. The van der Waals surface area contributed by atoms with Gasteiger partial charge in [-0.3, -0.25) is 9.59 Å². The van der Waals surface area contributed by atoms with Gasteiger partial charge in [0, 0.05) is 5.02 Å². The molecule has 1 saturated heterocycles. The fraction of sp³-hybridized carbons (Fsp3) is 0.103. The molecule has 1 aliphatic heterocycles. The van der Waals surface area contributed by atoms with Crippen LogP contribution in [-0.4, -0.2) is 17.8 Å². The van der Waals surface area contributed by atoms with E-state index < -0.39 is 0 Å². The summed E-state index contributed by atoms with van der Waals surface area (Å²) in [6, 6.07) is 24.7. The Bertz CT molecular complexity index is 1530. The number of imide groups is 1. The summed E-state index contributed by atoms with van der Waals surface area (Å²) >= 11 is 9.06. The van der Waals surface area contributed by atoms with Crippen molar-refractivity contribution in [2.24, 2.45) is 0 Å². The Kier molecular flexibility index (Phi) is 7.73. The van der Waals surface area contributed by atoms with Crippen molar-refractivity contribution in [2.75, 3.05) is 11.5 Å². The lowest BCUT2D eigenvalue weighted by Crippen LogP contribution is -2.27. The quantitative estimate of drug-likeness (QED) is 0.150. The van der Waals surface area contributed by atoms with Gasteiger partial charge in [-0.15, -0.1) is 0 Å². The van der Waals surface area contributed by atoms with E-state index in [2.05, 4.69) is 46.9 Å². The number of ether oxygens (including phenoxy) is 2. The van der Waals surface area contributed by atoms with Gasteiger partial charge < -0.3 is 9.47 Å². The van der Waals surface area contributed by atoms with Crippen LogP contribution in [0.2, 0.25) is 5.02 Å². The average molecular weight is 642 g/mol. The van der Waals surface area contributed by atoms with Crippen LogP contribution in [0.5, 0.6) is 11.5 Å². The second kappa shape index (κ2) is 11.2. The summed E-state index contributed by atoms with van der Waals surface area (Å²) in [7, 11) is 0. The van der Waals surface area contributed by atoms with Gasteiger partial charge in [-0.25, -0.2) is 4.90 Å². The summed E-state index contributed by atoms with van der Waals surface area (Å²) in [5.41, 5.74) is 2.31. The fourth-order valence-corrected chi connectivity index (χ4v) is 5.82. The number of benzene rings is 4. The van der Waals surface area contributed by atoms with Crippen molar-refractivity contribution < 1.29 is 19.1 Å². The molecule has 4 aromatic carbocycles. The van der Waals surface area contributed by atoms with Crippen LogP contribution in [0.3, 0.4) is 0 Å². The smallest absolute Gasteiger partial charge is 0.298 e. The molecule has 1 heterocycles. The first kappa shape index (κ1) is 25.6. The third kappa shape index (κ3) is 5.49. The normalized spacial score (nSPS) is 14.6. The molecule has 1 fully saturated rings. The highest BCUT2D eigenvalue weighted by atomic mass is 127. The maximum absolute atomic E-state index is 13.1. The molecule has 0 unspecified atom stereocenters. The lowest BCUT2D eigenvalue weighted by molar-refractivity contribution is -0.113. The Morgan fingerprint density at radius 2 is 1.73 bits per heavy atom. The van der Waals surface area contributed by atoms with Gasteiger partial charge >= 0.3 is 0 Å². The van der Waals surface area contributed by atoms with Gasteiger partial charge in [0.1, 0.15) is 6.61 Å². The summed E-state index contributed by atoms with van der Waals surface area (Å²) in [6.45, 7) is 2.75. The maximum atomic E-state index is 13.1. The van der Waals surface area contributed by atoms with Crippen LogP contribution in [0.15, 0.2) is 83.8 Å². The number of anilines is 1. The van der Waals surface area contributed by atoms with Crippen molar-refractivity contribution in [3.8, 4) is 11.5 Å². The monoisotopic (exact) mass is 641 g/mol. The van der Waals surface area contributed by atoms with E-state index in [9.17, 15) is 9.59 Å². The van der Waals surface area contributed by atoms with Gasteiger partial charge in [-0.1, -0.05) is 54.1 Å². The molecule has 5 rings (SSSR count). The van der Waals surface area contributed by atoms with Crippen LogP contribution in [0.4, 0.5) is 10.5 Å². The first-order valence-corrected chi connectivity index (χ1v) is 13.8. The number of thioether (sulfide) groups is 1. The first-order chi connectivity index (χ1) is 17.9. The average Bonchev–Trinajstić information content (AvgIpc) is 3.16. The summed E-state index contributed by atoms with van der Waals surface area (Å²) in [5, 5.41) is 2.48. The predicted molar refractivity (Wildman–Crippen MR) is 159 cm³/mol. The predicted octanol–water partition coefficient (Wildman–Crippen LogP) is 8.32. The highest BCUT2D eigenvalue weighted by Crippen LogP contribution is 2.39. The third-order valence-corrected chi connectivity index (χ3v) is 7.68. The summed E-state index contributed by atoms with van der Waals surface area (Å²) in [4.78, 5) is 27.2. The lowest BCUT2D eigenvalue weighted by atomic mass is 10.1. The lowest BCUT2D eigenvalue weighted by Gasteiger charge is -2.16. The topological polar surface area (TPSA) is 55.8 Å². The summed E-state index contributed by atoms with van der Waals surface area (Å²) < 4.78 is 13.0. The molecular weight excluding hydrogens is 621 g/mol. The van der Waals surface area contributed by atoms with Crippen molar-refractivity contribution in [1.82, 2.24) is 0 Å². The molecule has 0 saturated carbocycles. The highest BCUT2D eigenvalue weighted by Gasteiger charge is 2.36. The molecule has 0 spiro atoms. The Labute approximate surface area is 237 Å². The number of hydrogen-bond acceptors (Lipinski definition) is 5. The molecule has 0 N–H and O–H groups in total. The Morgan fingerprint density at radius 3 is 2.51 bits per heavy atom. The number of rotatable bonds is 7. The van der Waals surface area contributed by atoms with Crippen LogP contribution in [0.1, 0.15) is 18.1 Å². The van der Waals surface area contributed by atoms with Gasteiger partial charge in [0.2, 0.25) is 0 Å². The van der Waals surface area contributed by atoms with Gasteiger partial charge in [0.25, 0.3) is 11.1 Å². The molecule has 0 aromatic heterocycles. The number of carbonyl (C=O) groups excluding carboxylic acids is 2. The SMILES string of the molecule is CCOc1cc(/C=C2/SC(=O)N(c3ccc(Cl)cc3)C2=O)cc(I)c1OCc1cccc2ccccc12. The standard InChI is InChI=1S/C29H21ClINO4S/c1-2-35-25-15-18(16-26-28(33)32(29(34)37-26)22-12-10-21(30)11-13-22)14-24(31)27(25)36-17-20-8-5-7-19-6-3-4-9-23(19)20/h3-16H,2,17H2,1H3/b26-16+. The molecule has 8 heteroatoms. The van der Waals surface area contributed by atoms with Crippen molar-refractivity contribution in [1.29, 1.82) is 0 Å². The van der Waals surface area contributed by atoms with E-state index in [1.54, 1.807) is 30.3 Å². The van der Waals surface area contributed by atoms with E-state index in [0.717, 1.165) is 42.1 Å². The summed E-state index contributed by atoms with van der Waals surface area (Å²) in [5.74, 6) is 0.848. The van der Waals surface area contributed by atoms with E-state index in [1.165, 1.54) is 0 Å². The second-order valence-electron chi connectivity index (χ2n) is 8.18. The molecule has 0 radical (unpaired) electrons. The molecule has 0 bridgehead atoms. The van der Waals surface area contributed by atoms with Crippen LogP contribution in [-0.2, 0) is 11.4 Å². The van der Waals surface area contributed by atoms with E-state index in [0.29, 0.717) is 40.3 Å². The van der Waals surface area contributed by atoms with Crippen LogP contribution in [0.25, 0.3) is 16.8 Å². The zero-order valence-corrected chi connectivity index (χ0v) is 23.5. The van der Waals surface area contributed by atoms with E-state index in [-0.39, 0.29) is 11.1 Å². The number of halogens is 2. The number of hydrogen-bond donors (Lipinski definition) is 0. The van der Waals surface area contributed by atoms with Crippen LogP contribution in [0, 0.1) is 3.57 Å². The molecule has 186 valence electrons. The molecular formula is C29H21ClINO4S. The van der Waals surface area contributed by atoms with Gasteiger partial charge in [-0.2, -0.15) is 0 Å². The Hall–Kier alpha value is -3.01. The second-order valence-corrected chi connectivity index (χ2v) is 10.8. The molecule has 37 heavy (non-hydrogen) atoms. The van der Waals surface area contributed by atoms with Crippen molar-refractivity contribution in [3.63, 3.8) is 0 Å². The largest absolute Gasteiger partial charge is 0.490 e. The Morgan fingerprint density at radius 1 is 0.973 bits per heavy atom. The van der Waals surface area contributed by atoms with Crippen molar-refractivity contribution in [2.45, 2.75) is 13.5 Å². The van der Waals surface area contributed by atoms with Gasteiger partial charge in [0.15, 0.2) is 11.5 Å². The van der Waals surface area contributed by atoms with Crippen LogP contribution < -0.4 is 14.4 Å². The molecule has 4 aromatic rings. The van der Waals surface area contributed by atoms with Crippen molar-refractivity contribution in [3.05, 3.63) is 103 Å². The first-order valence-electron chi connectivity index (χ1n) is 11.5. The van der Waals surface area contributed by atoms with E-state index in [4.69, 9.17) is 21.1 Å². The van der Waals surface area contributed by atoms with Crippen LogP contribution >= 0.6 is 46.0 Å². The molecule has 2 amide bonds. The molecule has 0 atom stereocenters. The minimum absolute atomic E-state index is 0.336. The third-order valence-electron chi connectivity index (χ3n) is 5.76. The zero-order chi connectivity index (χ0) is 25.9. The number of carbonyl (C=O) groups is 2. The van der Waals surface area contributed by atoms with Gasteiger partial charge in [0.05, 0.1) is 20.8 Å². The number of nitrogens with zero attached hydrogens (tertiary/aromatic N) is 1. The molecule has 1 aliphatic rings. The molecule has 0 aliphatic carbocycles. The fourth-order valence-electron chi connectivity index (χ4n) is 4.07. The maximum Gasteiger partial charge on any atom is 0.298 e. The van der Waals surface area contributed by atoms with E-state index >= 15 is 0 Å². The molecule has 5 nitrogen and oxygen atoms in total. The highest BCUT2D eigenvalue weighted by molar-refractivity contribution is 14.1. The minimum Gasteiger partial charge on any atom is -0.490 e. The number of amides is 2. The van der Waals surface area contributed by atoms with E-state index in [1.807, 2.05) is 37.3 Å². The summed E-state index contributed by atoms with van der Waals surface area (Å²) in [6.07, 6.45) is 1.71. The van der Waals surface area contributed by atoms with Crippen molar-refractivity contribution >= 4 is 79.6 Å². The zero-order valence-electron chi connectivity index (χ0n) is 19.7.